The van der Waals surface area contributed by atoms with Crippen LogP contribution in [-0.2, 0) is 13.8 Å². The normalized spacial score (nSPS) is 16.1. The summed E-state index contributed by atoms with van der Waals surface area (Å²) in [5, 5.41) is 11.2. The van der Waals surface area contributed by atoms with Crippen molar-refractivity contribution in [2.45, 2.75) is 26.7 Å². The fraction of sp³-hybridized carbons (Fsp3) is 0.346. The Labute approximate surface area is 215 Å². The number of benzene rings is 2. The van der Waals surface area contributed by atoms with Gasteiger partial charge >= 0.3 is 13.5 Å². The van der Waals surface area contributed by atoms with E-state index in [1.165, 1.54) is 18.4 Å². The molecule has 0 aliphatic carbocycles. The number of nitrogens with zero attached hydrogens (tertiary/aromatic N) is 1. The van der Waals surface area contributed by atoms with Gasteiger partial charge in [-0.15, -0.1) is 11.3 Å². The molecule has 35 heavy (non-hydrogen) atoms. The molecule has 1 saturated heterocycles. The van der Waals surface area contributed by atoms with Gasteiger partial charge in [-0.3, -0.25) is 9.24 Å². The molecule has 186 valence electrons. The van der Waals surface area contributed by atoms with Gasteiger partial charge in [0.15, 0.2) is 0 Å². The Morgan fingerprint density at radius 1 is 1.17 bits per heavy atom. The highest BCUT2D eigenvalue weighted by atomic mass is 35.5. The summed E-state index contributed by atoms with van der Waals surface area (Å²) in [6, 6.07) is 14.9. The maximum atomic E-state index is 14.7. The van der Waals surface area contributed by atoms with Crippen LogP contribution in [0.3, 0.4) is 0 Å². The number of aryl methyl sites for hydroxylation is 2. The topological polar surface area (TPSA) is 76.1 Å². The molecule has 2 heterocycles. The van der Waals surface area contributed by atoms with Crippen molar-refractivity contribution in [3.63, 3.8) is 0 Å². The molecule has 0 saturated carbocycles. The van der Waals surface area contributed by atoms with Crippen LogP contribution in [0.2, 0.25) is 5.02 Å². The number of thiophene rings is 1. The van der Waals surface area contributed by atoms with E-state index in [4.69, 9.17) is 20.9 Å². The molecular formula is C26H29ClNO5PS. The smallest absolute Gasteiger partial charge is 0.348 e. The number of ether oxygens (including phenoxy) is 1. The predicted octanol–water partition coefficient (Wildman–Crippen LogP) is 6.78. The molecule has 1 fully saturated rings. The largest absolute Gasteiger partial charge is 0.477 e. The highest BCUT2D eigenvalue weighted by Crippen LogP contribution is 2.55. The molecule has 1 aliphatic heterocycles. The molecule has 0 amide bonds. The molecule has 1 unspecified atom stereocenters. The first kappa shape index (κ1) is 25.9. The number of carbonyl (C=O) groups is 1. The van der Waals surface area contributed by atoms with Gasteiger partial charge in [0.05, 0.1) is 11.0 Å². The zero-order valence-corrected chi connectivity index (χ0v) is 22.5. The third kappa shape index (κ3) is 5.50. The van der Waals surface area contributed by atoms with E-state index >= 15 is 0 Å². The summed E-state index contributed by atoms with van der Waals surface area (Å²) >= 11 is 7.36. The van der Waals surface area contributed by atoms with Gasteiger partial charge in [-0.05, 0) is 68.0 Å². The Morgan fingerprint density at radius 2 is 1.86 bits per heavy atom. The minimum absolute atomic E-state index is 0.136. The molecule has 1 atom stereocenters. The third-order valence-corrected chi connectivity index (χ3v) is 10.3. The third-order valence-electron chi connectivity index (χ3n) is 6.32. The van der Waals surface area contributed by atoms with Gasteiger partial charge < -0.3 is 14.4 Å². The van der Waals surface area contributed by atoms with Crippen molar-refractivity contribution >= 4 is 47.4 Å². The van der Waals surface area contributed by atoms with Gasteiger partial charge in [0.1, 0.15) is 4.88 Å². The van der Waals surface area contributed by atoms with E-state index < -0.39 is 13.5 Å². The molecule has 9 heteroatoms. The summed E-state index contributed by atoms with van der Waals surface area (Å²) in [5.41, 5.74) is 3.16. The van der Waals surface area contributed by atoms with Crippen molar-refractivity contribution in [3.8, 4) is 10.4 Å². The van der Waals surface area contributed by atoms with Crippen LogP contribution in [0.1, 0.15) is 33.6 Å². The van der Waals surface area contributed by atoms with Crippen LogP contribution < -0.4 is 9.97 Å². The second-order valence-electron chi connectivity index (χ2n) is 8.77. The average molecular weight is 534 g/mol. The number of carboxylic acids is 1. The molecule has 1 N–H and O–H groups in total. The van der Waals surface area contributed by atoms with E-state index in [9.17, 15) is 14.5 Å². The van der Waals surface area contributed by atoms with Crippen molar-refractivity contribution in [2.24, 2.45) is 5.92 Å². The highest BCUT2D eigenvalue weighted by molar-refractivity contribution is 7.68. The van der Waals surface area contributed by atoms with Gasteiger partial charge in [-0.2, -0.15) is 0 Å². The Hall–Kier alpha value is -2.15. The Kier molecular flexibility index (Phi) is 8.04. The molecule has 2 aromatic carbocycles. The van der Waals surface area contributed by atoms with Crippen LogP contribution in [0.5, 0.6) is 0 Å². The van der Waals surface area contributed by atoms with Crippen LogP contribution in [0.4, 0.5) is 5.69 Å². The van der Waals surface area contributed by atoms with Gasteiger partial charge in [-0.1, -0.05) is 41.4 Å². The summed E-state index contributed by atoms with van der Waals surface area (Å²) in [7, 11) is -2.27. The minimum atomic E-state index is -3.68. The summed E-state index contributed by atoms with van der Waals surface area (Å²) in [6.45, 7) is 5.48. The van der Waals surface area contributed by atoms with Gasteiger partial charge in [0.2, 0.25) is 0 Å². The number of hydrogen-bond donors (Lipinski definition) is 1. The maximum Gasteiger partial charge on any atom is 0.348 e. The standard InChI is InChI=1S/C26H29ClNO5PS/c1-17-4-6-20(7-5-17)24-15-22(25(35-24)26(29)30)28(16-19-10-12-33-13-11-19)34(31,32-3)23-9-8-21(27)14-18(23)2/h4-9,14-15,19H,10-13,16H2,1-3H3,(H,29,30). The fourth-order valence-corrected chi connectivity index (χ4v) is 7.98. The van der Waals surface area contributed by atoms with Crippen LogP contribution in [0.25, 0.3) is 10.4 Å². The zero-order valence-electron chi connectivity index (χ0n) is 20.0. The minimum Gasteiger partial charge on any atom is -0.477 e. The molecule has 1 aliphatic rings. The summed E-state index contributed by atoms with van der Waals surface area (Å²) in [6.07, 6.45) is 1.61. The lowest BCUT2D eigenvalue weighted by molar-refractivity contribution is 0.0683. The first-order chi connectivity index (χ1) is 16.7. The van der Waals surface area contributed by atoms with E-state index in [2.05, 4.69) is 0 Å². The van der Waals surface area contributed by atoms with Crippen molar-refractivity contribution in [2.75, 3.05) is 31.5 Å². The Bertz CT molecular complexity index is 1250. The molecule has 4 rings (SSSR count). The highest BCUT2D eigenvalue weighted by Gasteiger charge is 2.39. The number of anilines is 1. The first-order valence-electron chi connectivity index (χ1n) is 11.5. The SMILES string of the molecule is COP(=O)(c1ccc(Cl)cc1C)N(CC1CCOCC1)c1cc(-c2ccc(C)cc2)sc1C(=O)O. The van der Waals surface area contributed by atoms with Crippen molar-refractivity contribution < 1.29 is 23.7 Å². The first-order valence-corrected chi connectivity index (χ1v) is 14.2. The lowest BCUT2D eigenvalue weighted by Crippen LogP contribution is -2.35. The fourth-order valence-electron chi connectivity index (χ4n) is 4.37. The second-order valence-corrected chi connectivity index (χ2v) is 12.6. The maximum absolute atomic E-state index is 14.7. The van der Waals surface area contributed by atoms with E-state index in [0.29, 0.717) is 35.8 Å². The van der Waals surface area contributed by atoms with Gasteiger partial charge in [-0.25, -0.2) is 4.79 Å². The van der Waals surface area contributed by atoms with E-state index in [1.54, 1.807) is 22.9 Å². The van der Waals surface area contributed by atoms with Crippen LogP contribution in [0.15, 0.2) is 48.5 Å². The summed E-state index contributed by atoms with van der Waals surface area (Å²) in [4.78, 5) is 13.3. The molecule has 0 bridgehead atoms. The van der Waals surface area contributed by atoms with Gasteiger partial charge in [0.25, 0.3) is 0 Å². The summed E-state index contributed by atoms with van der Waals surface area (Å²) in [5.74, 6) is -0.875. The van der Waals surface area contributed by atoms with Crippen molar-refractivity contribution in [3.05, 3.63) is 69.6 Å². The second kappa shape index (κ2) is 10.9. The monoisotopic (exact) mass is 533 g/mol. The molecule has 3 aromatic rings. The van der Waals surface area contributed by atoms with E-state index in [-0.39, 0.29) is 10.8 Å². The Balaban J connectivity index is 1.88. The molecule has 1 aromatic heterocycles. The average Bonchev–Trinajstić information content (AvgIpc) is 3.28. The molecule has 0 spiro atoms. The van der Waals surface area contributed by atoms with Crippen molar-refractivity contribution in [1.82, 2.24) is 0 Å². The zero-order chi connectivity index (χ0) is 25.2. The van der Waals surface area contributed by atoms with Crippen LogP contribution in [0, 0.1) is 19.8 Å². The molecular weight excluding hydrogens is 505 g/mol. The molecule has 0 radical (unpaired) electrons. The van der Waals surface area contributed by atoms with Gasteiger partial charge in [0, 0.05) is 36.8 Å². The number of aromatic carboxylic acids is 1. The number of carboxylic acid groups (broad SMARTS) is 1. The van der Waals surface area contributed by atoms with E-state index in [1.807, 2.05) is 44.2 Å². The molecule has 6 nitrogen and oxygen atoms in total. The quantitative estimate of drug-likeness (QED) is 0.322. The van der Waals surface area contributed by atoms with Crippen LogP contribution >= 0.6 is 30.5 Å². The lowest BCUT2D eigenvalue weighted by atomic mass is 10.0. The van der Waals surface area contributed by atoms with Crippen molar-refractivity contribution in [1.29, 1.82) is 0 Å². The number of rotatable bonds is 8. The number of hydrogen-bond acceptors (Lipinski definition) is 5. The predicted molar refractivity (Wildman–Crippen MR) is 143 cm³/mol. The van der Waals surface area contributed by atoms with Crippen LogP contribution in [-0.4, -0.2) is 37.9 Å². The Morgan fingerprint density at radius 3 is 2.46 bits per heavy atom. The number of halogens is 1. The summed E-state index contributed by atoms with van der Waals surface area (Å²) < 4.78 is 27.7. The lowest BCUT2D eigenvalue weighted by Gasteiger charge is -2.36. The van der Waals surface area contributed by atoms with E-state index in [0.717, 1.165) is 34.4 Å².